The summed E-state index contributed by atoms with van der Waals surface area (Å²) in [6.45, 7) is 3.78. The molecule has 0 radical (unpaired) electrons. The molecule has 0 unspecified atom stereocenters. The number of benzene rings is 1. The molecule has 1 aromatic carbocycles. The molecule has 2 rings (SSSR count). The first kappa shape index (κ1) is 14.2. The third-order valence-corrected chi connectivity index (χ3v) is 2.70. The van der Waals surface area contributed by atoms with Crippen molar-refractivity contribution in [2.24, 2.45) is 0 Å². The van der Waals surface area contributed by atoms with Gasteiger partial charge in [-0.25, -0.2) is 4.79 Å². The molecule has 0 saturated carbocycles. The molecule has 0 bridgehead atoms. The van der Waals surface area contributed by atoms with Crippen LogP contribution in [0, 0.1) is 0 Å². The zero-order valence-corrected chi connectivity index (χ0v) is 11.4. The van der Waals surface area contributed by atoms with Gasteiger partial charge in [-0.2, -0.15) is 4.98 Å². The minimum Gasteiger partial charge on any atom is -0.452 e. The number of esters is 1. The van der Waals surface area contributed by atoms with Crippen molar-refractivity contribution >= 4 is 5.97 Å². The topological polar surface area (TPSA) is 85.5 Å². The fourth-order valence-electron chi connectivity index (χ4n) is 1.52. The second-order valence-electron chi connectivity index (χ2n) is 4.63. The Bertz CT molecular complexity index is 575. The van der Waals surface area contributed by atoms with E-state index in [1.807, 2.05) is 13.8 Å². The van der Waals surface area contributed by atoms with Gasteiger partial charge in [0, 0.05) is 5.92 Å². The molecule has 6 nitrogen and oxygen atoms in total. The molecule has 0 fully saturated rings. The quantitative estimate of drug-likeness (QED) is 0.841. The van der Waals surface area contributed by atoms with Crippen molar-refractivity contribution in [1.82, 2.24) is 10.1 Å². The Morgan fingerprint density at radius 3 is 2.60 bits per heavy atom. The molecule has 0 aliphatic heterocycles. The number of carbonyl (C=O) groups excluding carboxylic acids is 1. The van der Waals surface area contributed by atoms with Crippen molar-refractivity contribution in [2.75, 3.05) is 0 Å². The second kappa shape index (κ2) is 6.29. The monoisotopic (exact) mass is 276 g/mol. The van der Waals surface area contributed by atoms with Gasteiger partial charge in [0.1, 0.15) is 0 Å². The van der Waals surface area contributed by atoms with E-state index < -0.39 is 5.97 Å². The van der Waals surface area contributed by atoms with Crippen molar-refractivity contribution in [3.63, 3.8) is 0 Å². The number of aromatic nitrogens is 2. The van der Waals surface area contributed by atoms with Crippen LogP contribution in [0.3, 0.4) is 0 Å². The SMILES string of the molecule is CC(C)c1noc(COC(=O)c2ccc(CO)cc2)n1. The summed E-state index contributed by atoms with van der Waals surface area (Å²) in [4.78, 5) is 15.9. The molecular weight excluding hydrogens is 260 g/mol. The first-order valence-corrected chi connectivity index (χ1v) is 6.29. The number of nitrogens with zero attached hydrogens (tertiary/aromatic N) is 2. The number of aliphatic hydroxyl groups is 1. The van der Waals surface area contributed by atoms with Crippen molar-refractivity contribution < 1.29 is 19.2 Å². The van der Waals surface area contributed by atoms with Crippen molar-refractivity contribution in [3.8, 4) is 0 Å². The van der Waals surface area contributed by atoms with Crippen LogP contribution in [0.1, 0.15) is 47.4 Å². The predicted octanol–water partition coefficient (Wildman–Crippen LogP) is 2.04. The molecule has 0 aliphatic rings. The molecule has 1 heterocycles. The molecule has 1 aromatic heterocycles. The van der Waals surface area contributed by atoms with Crippen LogP contribution in [-0.4, -0.2) is 21.2 Å². The Labute approximate surface area is 116 Å². The Hall–Kier alpha value is -2.21. The van der Waals surface area contributed by atoms with Crippen LogP contribution in [-0.2, 0) is 18.0 Å². The highest BCUT2D eigenvalue weighted by Gasteiger charge is 2.12. The van der Waals surface area contributed by atoms with Crippen LogP contribution < -0.4 is 0 Å². The minimum absolute atomic E-state index is 0.0553. The molecule has 106 valence electrons. The Kier molecular flexibility index (Phi) is 4.47. The first-order chi connectivity index (χ1) is 9.60. The average molecular weight is 276 g/mol. The number of aliphatic hydroxyl groups excluding tert-OH is 1. The molecule has 0 amide bonds. The first-order valence-electron chi connectivity index (χ1n) is 6.29. The van der Waals surface area contributed by atoms with E-state index in [0.717, 1.165) is 5.56 Å². The number of ether oxygens (including phenoxy) is 1. The van der Waals surface area contributed by atoms with E-state index in [2.05, 4.69) is 10.1 Å². The Morgan fingerprint density at radius 2 is 2.05 bits per heavy atom. The highest BCUT2D eigenvalue weighted by atomic mass is 16.6. The van der Waals surface area contributed by atoms with Crippen LogP contribution in [0.4, 0.5) is 0 Å². The minimum atomic E-state index is -0.473. The fraction of sp³-hybridized carbons (Fsp3) is 0.357. The fourth-order valence-corrected chi connectivity index (χ4v) is 1.52. The molecule has 6 heteroatoms. The van der Waals surface area contributed by atoms with Gasteiger partial charge in [-0.05, 0) is 17.7 Å². The van der Waals surface area contributed by atoms with E-state index in [0.29, 0.717) is 11.4 Å². The number of hydrogen-bond acceptors (Lipinski definition) is 6. The summed E-state index contributed by atoms with van der Waals surface area (Å²) in [5.74, 6) is 0.547. The summed E-state index contributed by atoms with van der Waals surface area (Å²) in [5.41, 5.74) is 1.14. The van der Waals surface area contributed by atoms with Crippen LogP contribution in [0.5, 0.6) is 0 Å². The largest absolute Gasteiger partial charge is 0.452 e. The van der Waals surface area contributed by atoms with E-state index in [1.165, 1.54) is 0 Å². The van der Waals surface area contributed by atoms with E-state index in [1.54, 1.807) is 24.3 Å². The second-order valence-corrected chi connectivity index (χ2v) is 4.63. The summed E-state index contributed by atoms with van der Waals surface area (Å²) < 4.78 is 10.1. The maximum atomic E-state index is 11.8. The summed E-state index contributed by atoms with van der Waals surface area (Å²) in [6.07, 6.45) is 0. The lowest BCUT2D eigenvalue weighted by Crippen LogP contribution is -2.05. The Balaban J connectivity index is 1.93. The van der Waals surface area contributed by atoms with E-state index in [9.17, 15) is 4.79 Å². The summed E-state index contributed by atoms with van der Waals surface area (Å²) in [7, 11) is 0. The predicted molar refractivity (Wildman–Crippen MR) is 69.9 cm³/mol. The molecule has 20 heavy (non-hydrogen) atoms. The summed E-state index contributed by atoms with van der Waals surface area (Å²) in [6, 6.07) is 6.53. The Morgan fingerprint density at radius 1 is 1.35 bits per heavy atom. The third kappa shape index (κ3) is 3.42. The molecule has 0 spiro atoms. The van der Waals surface area contributed by atoms with Gasteiger partial charge in [0.25, 0.3) is 5.89 Å². The van der Waals surface area contributed by atoms with Gasteiger partial charge < -0.3 is 14.4 Å². The van der Waals surface area contributed by atoms with Crippen LogP contribution in [0.25, 0.3) is 0 Å². The zero-order valence-electron chi connectivity index (χ0n) is 11.4. The maximum Gasteiger partial charge on any atom is 0.338 e. The van der Waals surface area contributed by atoms with Gasteiger partial charge in [-0.15, -0.1) is 0 Å². The van der Waals surface area contributed by atoms with Crippen LogP contribution in [0.2, 0.25) is 0 Å². The number of carbonyl (C=O) groups is 1. The standard InChI is InChI=1S/C14H16N2O4/c1-9(2)13-15-12(20-16-13)8-19-14(18)11-5-3-10(7-17)4-6-11/h3-6,9,17H,7-8H2,1-2H3. The van der Waals surface area contributed by atoms with E-state index >= 15 is 0 Å². The van der Waals surface area contributed by atoms with Gasteiger partial charge in [0.05, 0.1) is 12.2 Å². The molecule has 0 saturated heterocycles. The summed E-state index contributed by atoms with van der Waals surface area (Å²) in [5, 5.41) is 12.7. The third-order valence-electron chi connectivity index (χ3n) is 2.70. The van der Waals surface area contributed by atoms with Gasteiger partial charge in [-0.1, -0.05) is 31.1 Å². The molecular formula is C14H16N2O4. The normalized spacial score (nSPS) is 10.8. The average Bonchev–Trinajstić information content (AvgIpc) is 2.94. The number of hydrogen-bond donors (Lipinski definition) is 1. The van der Waals surface area contributed by atoms with Crippen molar-refractivity contribution in [1.29, 1.82) is 0 Å². The highest BCUT2D eigenvalue weighted by molar-refractivity contribution is 5.89. The van der Waals surface area contributed by atoms with Crippen LogP contribution >= 0.6 is 0 Å². The smallest absolute Gasteiger partial charge is 0.338 e. The summed E-state index contributed by atoms with van der Waals surface area (Å²) >= 11 is 0. The van der Waals surface area contributed by atoms with Gasteiger partial charge >= 0.3 is 5.97 Å². The number of rotatable bonds is 5. The van der Waals surface area contributed by atoms with Gasteiger partial charge in [0.2, 0.25) is 0 Å². The molecule has 1 N–H and O–H groups in total. The zero-order chi connectivity index (χ0) is 14.5. The highest BCUT2D eigenvalue weighted by Crippen LogP contribution is 2.11. The van der Waals surface area contributed by atoms with Crippen LogP contribution in [0.15, 0.2) is 28.8 Å². The van der Waals surface area contributed by atoms with E-state index in [-0.39, 0.29) is 25.0 Å². The maximum absolute atomic E-state index is 11.8. The van der Waals surface area contributed by atoms with Gasteiger partial charge in [0.15, 0.2) is 12.4 Å². The molecule has 0 aliphatic carbocycles. The van der Waals surface area contributed by atoms with Crippen molar-refractivity contribution in [3.05, 3.63) is 47.1 Å². The lowest BCUT2D eigenvalue weighted by Gasteiger charge is -2.02. The van der Waals surface area contributed by atoms with E-state index in [4.69, 9.17) is 14.4 Å². The molecule has 2 aromatic rings. The van der Waals surface area contributed by atoms with Crippen molar-refractivity contribution in [2.45, 2.75) is 33.0 Å². The van der Waals surface area contributed by atoms with Gasteiger partial charge in [-0.3, -0.25) is 0 Å². The lowest BCUT2D eigenvalue weighted by molar-refractivity contribution is 0.0429. The lowest BCUT2D eigenvalue weighted by atomic mass is 10.1. The molecule has 0 atom stereocenters.